The van der Waals surface area contributed by atoms with Crippen molar-refractivity contribution in [3.63, 3.8) is 0 Å². The Balaban J connectivity index is 1.60. The van der Waals surface area contributed by atoms with Crippen LogP contribution in [0.3, 0.4) is 0 Å². The van der Waals surface area contributed by atoms with Crippen molar-refractivity contribution < 1.29 is 47.7 Å². The van der Waals surface area contributed by atoms with Gasteiger partial charge < -0.3 is 29.0 Å². The molecule has 1 aliphatic heterocycles. The maximum atomic E-state index is 13.5. The van der Waals surface area contributed by atoms with Crippen LogP contribution in [0, 0.1) is 18.8 Å². The fourth-order valence-electron chi connectivity index (χ4n) is 4.78. The van der Waals surface area contributed by atoms with Crippen LogP contribution in [-0.2, 0) is 35.0 Å². The highest BCUT2D eigenvalue weighted by Gasteiger charge is 2.42. The number of pyridine rings is 1. The van der Waals surface area contributed by atoms with Crippen molar-refractivity contribution in [2.24, 2.45) is 11.8 Å². The summed E-state index contributed by atoms with van der Waals surface area (Å²) in [4.78, 5) is 70.1. The van der Waals surface area contributed by atoms with Gasteiger partial charge in [-0.3, -0.25) is 14.4 Å². The first-order chi connectivity index (χ1) is 22.0. The van der Waals surface area contributed by atoms with E-state index < -0.39 is 66.5 Å². The zero-order chi connectivity index (χ0) is 33.4. The number of ether oxygens (including phenoxy) is 5. The highest BCUT2D eigenvalue weighted by Crippen LogP contribution is 2.31. The first-order valence-electron chi connectivity index (χ1n) is 14.7. The molecule has 0 bridgehead atoms. The van der Waals surface area contributed by atoms with E-state index in [4.69, 9.17) is 23.7 Å². The minimum Gasteiger partial charge on any atom is -0.493 e. The Kier molecular flexibility index (Phi) is 11.1. The van der Waals surface area contributed by atoms with Crippen LogP contribution >= 0.6 is 0 Å². The number of rotatable bonds is 9. The number of cyclic esters (lactones) is 2. The molecule has 1 N–H and O–H groups in total. The number of aromatic nitrogens is 1. The standard InChI is InChI=1S/C34H36N2O10/c1-19(2)31(38)45-28-21(4)44-34(41)25(18-43-32(39)24(28)17-22-12-7-6-8-13-22)36-30(37)27-29(26(42-5)15-16-35-27)46-33(40)23-14-10-9-11-20(23)3/h6-16,19,21,24-25,28H,17-18H2,1-5H3,(H,36,37)/t21-,24+,25-,28-/m0/s1. The lowest BCUT2D eigenvalue weighted by Crippen LogP contribution is -2.47. The third-order valence-corrected chi connectivity index (χ3v) is 7.33. The van der Waals surface area contributed by atoms with E-state index in [1.807, 2.05) is 18.2 Å². The van der Waals surface area contributed by atoms with Gasteiger partial charge in [-0.15, -0.1) is 0 Å². The topological polar surface area (TPSA) is 156 Å². The predicted molar refractivity (Wildman–Crippen MR) is 163 cm³/mol. The Labute approximate surface area is 266 Å². The van der Waals surface area contributed by atoms with E-state index in [0.717, 1.165) is 5.56 Å². The van der Waals surface area contributed by atoms with Crippen molar-refractivity contribution in [1.29, 1.82) is 0 Å². The number of nitrogens with zero attached hydrogens (tertiary/aromatic N) is 1. The number of hydrogen-bond donors (Lipinski definition) is 1. The Hall–Kier alpha value is -5.26. The van der Waals surface area contributed by atoms with Crippen LogP contribution in [0.15, 0.2) is 66.9 Å². The summed E-state index contributed by atoms with van der Waals surface area (Å²) in [5.74, 6) is -5.73. The van der Waals surface area contributed by atoms with Crippen LogP contribution in [-0.4, -0.2) is 66.7 Å². The van der Waals surface area contributed by atoms with Gasteiger partial charge in [0.2, 0.25) is 5.75 Å². The van der Waals surface area contributed by atoms with Crippen LogP contribution < -0.4 is 14.8 Å². The van der Waals surface area contributed by atoms with E-state index in [-0.39, 0.29) is 29.2 Å². The molecule has 2 aromatic carbocycles. The zero-order valence-corrected chi connectivity index (χ0v) is 26.2. The molecule has 0 spiro atoms. The summed E-state index contributed by atoms with van der Waals surface area (Å²) in [7, 11) is 1.33. The molecule has 46 heavy (non-hydrogen) atoms. The predicted octanol–water partition coefficient (Wildman–Crippen LogP) is 3.63. The Morgan fingerprint density at radius 2 is 1.70 bits per heavy atom. The molecule has 1 aliphatic rings. The summed E-state index contributed by atoms with van der Waals surface area (Å²) < 4.78 is 27.8. The van der Waals surface area contributed by atoms with Crippen molar-refractivity contribution >= 4 is 29.8 Å². The van der Waals surface area contributed by atoms with Crippen LogP contribution in [0.25, 0.3) is 0 Å². The molecular formula is C34H36N2O10. The molecule has 1 saturated heterocycles. The monoisotopic (exact) mass is 632 g/mol. The zero-order valence-electron chi connectivity index (χ0n) is 26.2. The van der Waals surface area contributed by atoms with Crippen LogP contribution in [0.4, 0.5) is 0 Å². The number of amides is 1. The number of hydrogen-bond acceptors (Lipinski definition) is 11. The third kappa shape index (κ3) is 8.06. The Bertz CT molecular complexity index is 1590. The summed E-state index contributed by atoms with van der Waals surface area (Å²) >= 11 is 0. The average Bonchev–Trinajstić information content (AvgIpc) is 3.07. The van der Waals surface area contributed by atoms with Gasteiger partial charge in [-0.05, 0) is 37.5 Å². The number of methoxy groups -OCH3 is 1. The second kappa shape index (κ2) is 15.2. The molecule has 1 aromatic heterocycles. The highest BCUT2D eigenvalue weighted by molar-refractivity contribution is 6.00. The number of benzene rings is 2. The fourth-order valence-corrected chi connectivity index (χ4v) is 4.78. The largest absolute Gasteiger partial charge is 0.493 e. The average molecular weight is 633 g/mol. The van der Waals surface area contributed by atoms with Gasteiger partial charge in [-0.25, -0.2) is 14.6 Å². The lowest BCUT2D eigenvalue weighted by atomic mass is 9.91. The summed E-state index contributed by atoms with van der Waals surface area (Å²) in [5.41, 5.74) is 1.32. The van der Waals surface area contributed by atoms with E-state index in [0.29, 0.717) is 5.56 Å². The normalized spacial score (nSPS) is 19.9. The minimum atomic E-state index is -1.48. The van der Waals surface area contributed by atoms with Gasteiger partial charge in [0, 0.05) is 12.3 Å². The van der Waals surface area contributed by atoms with Crippen LogP contribution in [0.5, 0.6) is 11.5 Å². The van der Waals surface area contributed by atoms with Gasteiger partial charge in [-0.1, -0.05) is 62.4 Å². The van der Waals surface area contributed by atoms with E-state index >= 15 is 0 Å². The fraction of sp³-hybridized carbons (Fsp3) is 0.353. The van der Waals surface area contributed by atoms with E-state index in [1.165, 1.54) is 26.3 Å². The van der Waals surface area contributed by atoms with Crippen LogP contribution in [0.2, 0.25) is 0 Å². The molecular weight excluding hydrogens is 596 g/mol. The first-order valence-corrected chi connectivity index (χ1v) is 14.7. The van der Waals surface area contributed by atoms with Crippen LogP contribution in [0.1, 0.15) is 52.7 Å². The van der Waals surface area contributed by atoms with Gasteiger partial charge in [0.25, 0.3) is 5.91 Å². The second-order valence-electron chi connectivity index (χ2n) is 11.0. The molecule has 0 saturated carbocycles. The number of carbonyl (C=O) groups is 5. The molecule has 1 amide bonds. The summed E-state index contributed by atoms with van der Waals surface area (Å²) in [6.45, 7) is 5.92. The summed E-state index contributed by atoms with van der Waals surface area (Å²) in [5, 5.41) is 2.47. The van der Waals surface area contributed by atoms with E-state index in [9.17, 15) is 24.0 Å². The van der Waals surface area contributed by atoms with Crippen molar-refractivity contribution in [2.75, 3.05) is 13.7 Å². The van der Waals surface area contributed by atoms with Crippen molar-refractivity contribution in [2.45, 2.75) is 52.4 Å². The SMILES string of the molecule is COc1ccnc(C(=O)N[C@H]2COC(=O)[C@H](Cc3ccccc3)[C@@H](OC(=O)C(C)C)[C@H](C)OC2=O)c1OC(=O)c1ccccc1C. The Morgan fingerprint density at radius 1 is 1.00 bits per heavy atom. The Morgan fingerprint density at radius 3 is 2.37 bits per heavy atom. The summed E-state index contributed by atoms with van der Waals surface area (Å²) in [6, 6.07) is 15.7. The number of carbonyl (C=O) groups excluding carboxylic acids is 5. The number of aryl methyl sites for hydroxylation is 1. The molecule has 242 valence electrons. The molecule has 12 nitrogen and oxygen atoms in total. The summed E-state index contributed by atoms with van der Waals surface area (Å²) in [6.07, 6.45) is -0.856. The number of esters is 4. The molecule has 4 atom stereocenters. The van der Waals surface area contributed by atoms with E-state index in [1.54, 1.807) is 57.2 Å². The van der Waals surface area contributed by atoms with E-state index in [2.05, 4.69) is 10.3 Å². The molecule has 0 aliphatic carbocycles. The van der Waals surface area contributed by atoms with Gasteiger partial charge >= 0.3 is 23.9 Å². The maximum Gasteiger partial charge on any atom is 0.344 e. The molecule has 2 heterocycles. The van der Waals surface area contributed by atoms with Crippen molar-refractivity contribution in [3.05, 3.63) is 89.2 Å². The van der Waals surface area contributed by atoms with Crippen molar-refractivity contribution in [3.8, 4) is 11.5 Å². The lowest BCUT2D eigenvalue weighted by molar-refractivity contribution is -0.176. The minimum absolute atomic E-state index is 0.0396. The second-order valence-corrected chi connectivity index (χ2v) is 11.0. The maximum absolute atomic E-state index is 13.5. The molecule has 3 aromatic rings. The number of nitrogens with one attached hydrogen (secondary N) is 1. The third-order valence-electron chi connectivity index (χ3n) is 7.33. The first kappa shape index (κ1) is 33.6. The molecule has 12 heteroatoms. The van der Waals surface area contributed by atoms with Gasteiger partial charge in [-0.2, -0.15) is 0 Å². The highest BCUT2D eigenvalue weighted by atomic mass is 16.6. The lowest BCUT2D eigenvalue weighted by Gasteiger charge is -2.29. The van der Waals surface area contributed by atoms with Gasteiger partial charge in [0.15, 0.2) is 23.6 Å². The van der Waals surface area contributed by atoms with Gasteiger partial charge in [0.1, 0.15) is 18.6 Å². The smallest absolute Gasteiger partial charge is 0.344 e. The quantitative estimate of drug-likeness (QED) is 0.271. The van der Waals surface area contributed by atoms with Gasteiger partial charge in [0.05, 0.1) is 18.6 Å². The molecule has 4 rings (SSSR count). The molecule has 1 fully saturated rings. The molecule has 0 unspecified atom stereocenters. The molecule has 0 radical (unpaired) electrons. The van der Waals surface area contributed by atoms with Crippen molar-refractivity contribution in [1.82, 2.24) is 10.3 Å².